The number of nitrogens with one attached hydrogen (secondary N) is 1. The fourth-order valence-electron chi connectivity index (χ4n) is 0.876. The maximum absolute atomic E-state index is 12.7. The molecule has 1 rings (SSSR count). The van der Waals surface area contributed by atoms with Gasteiger partial charge in [0.2, 0.25) is 0 Å². The van der Waals surface area contributed by atoms with Crippen molar-refractivity contribution < 1.29 is 18.4 Å². The Balaban J connectivity index is 3.09. The Morgan fingerprint density at radius 3 is 2.33 bits per heavy atom. The van der Waals surface area contributed by atoms with Gasteiger partial charge in [-0.25, -0.2) is 13.6 Å². The number of carbonyl (C=O) groups is 2. The molecule has 0 aliphatic heterocycles. The number of benzene rings is 1. The van der Waals surface area contributed by atoms with E-state index in [9.17, 15) is 18.4 Å². The van der Waals surface area contributed by atoms with Crippen LogP contribution in [-0.2, 0) is 0 Å². The minimum absolute atomic E-state index is 0.312. The van der Waals surface area contributed by atoms with Crippen LogP contribution in [0.2, 0.25) is 5.02 Å². The fourth-order valence-corrected chi connectivity index (χ4v) is 1.11. The van der Waals surface area contributed by atoms with E-state index in [1.54, 1.807) is 5.32 Å². The molecular formula is C8H5ClF2N2O2. The van der Waals surface area contributed by atoms with Crippen molar-refractivity contribution in [2.24, 2.45) is 5.73 Å². The van der Waals surface area contributed by atoms with Crippen LogP contribution in [0.4, 0.5) is 13.6 Å². The molecule has 0 aromatic heterocycles. The Hall–Kier alpha value is -1.69. The summed E-state index contributed by atoms with van der Waals surface area (Å²) in [7, 11) is 0. The number of hydrogen-bond acceptors (Lipinski definition) is 2. The molecule has 15 heavy (non-hydrogen) atoms. The highest BCUT2D eigenvalue weighted by atomic mass is 35.5. The number of rotatable bonds is 1. The number of amides is 3. The normalized spacial score (nSPS) is 9.80. The van der Waals surface area contributed by atoms with Crippen LogP contribution in [0.15, 0.2) is 12.1 Å². The minimum atomic E-state index is -1.24. The molecule has 1 aromatic carbocycles. The van der Waals surface area contributed by atoms with E-state index in [1.165, 1.54) is 0 Å². The molecule has 80 valence electrons. The van der Waals surface area contributed by atoms with Gasteiger partial charge in [0, 0.05) is 0 Å². The Bertz CT molecular complexity index is 437. The molecule has 0 aliphatic rings. The molecule has 0 unspecified atom stereocenters. The first-order valence-corrected chi connectivity index (χ1v) is 4.05. The van der Waals surface area contributed by atoms with Gasteiger partial charge in [0.25, 0.3) is 5.91 Å². The summed E-state index contributed by atoms with van der Waals surface area (Å²) in [5, 5.41) is 1.36. The predicted octanol–water partition coefficient (Wildman–Crippen LogP) is 1.43. The van der Waals surface area contributed by atoms with Crippen molar-refractivity contribution in [1.29, 1.82) is 0 Å². The molecule has 0 radical (unpaired) electrons. The van der Waals surface area contributed by atoms with Gasteiger partial charge < -0.3 is 5.73 Å². The maximum atomic E-state index is 12.7. The molecule has 0 saturated carbocycles. The molecular weight excluding hydrogens is 230 g/mol. The molecule has 0 bridgehead atoms. The van der Waals surface area contributed by atoms with E-state index >= 15 is 0 Å². The smallest absolute Gasteiger partial charge is 0.319 e. The van der Waals surface area contributed by atoms with Crippen molar-refractivity contribution in [2.45, 2.75) is 0 Å². The van der Waals surface area contributed by atoms with Gasteiger partial charge in [-0.15, -0.1) is 0 Å². The molecule has 0 fully saturated rings. The lowest BCUT2D eigenvalue weighted by atomic mass is 10.2. The van der Waals surface area contributed by atoms with E-state index in [-0.39, 0.29) is 10.6 Å². The molecule has 1 aromatic rings. The average Bonchev–Trinajstić information content (AvgIpc) is 2.09. The second-order valence-electron chi connectivity index (χ2n) is 2.56. The van der Waals surface area contributed by atoms with Crippen LogP contribution < -0.4 is 11.1 Å². The summed E-state index contributed by atoms with van der Waals surface area (Å²) in [6.07, 6.45) is 0. The van der Waals surface area contributed by atoms with E-state index in [0.717, 1.165) is 0 Å². The van der Waals surface area contributed by atoms with Gasteiger partial charge in [-0.1, -0.05) is 11.6 Å². The fraction of sp³-hybridized carbons (Fsp3) is 0. The summed E-state index contributed by atoms with van der Waals surface area (Å²) in [4.78, 5) is 21.5. The summed E-state index contributed by atoms with van der Waals surface area (Å²) in [5.74, 6) is -3.42. The van der Waals surface area contributed by atoms with Crippen molar-refractivity contribution >= 4 is 23.5 Å². The predicted molar refractivity (Wildman–Crippen MR) is 48.4 cm³/mol. The van der Waals surface area contributed by atoms with E-state index in [4.69, 9.17) is 11.6 Å². The largest absolute Gasteiger partial charge is 0.351 e. The van der Waals surface area contributed by atoms with Crippen LogP contribution in [0.25, 0.3) is 0 Å². The summed E-state index contributed by atoms with van der Waals surface area (Å²) < 4.78 is 25.3. The number of nitrogens with two attached hydrogens (primary N) is 1. The lowest BCUT2D eigenvalue weighted by Gasteiger charge is -2.03. The Labute approximate surface area is 88.0 Å². The van der Waals surface area contributed by atoms with Crippen LogP contribution in [0.1, 0.15) is 10.4 Å². The number of halogens is 3. The summed E-state index contributed by atoms with van der Waals surface area (Å²) in [6, 6.07) is 0.101. The van der Waals surface area contributed by atoms with Crippen LogP contribution in [0.5, 0.6) is 0 Å². The number of hydrogen-bond donors (Lipinski definition) is 2. The summed E-state index contributed by atoms with van der Waals surface area (Å²) in [6.45, 7) is 0. The molecule has 7 heteroatoms. The first-order chi connectivity index (χ1) is 6.91. The van der Waals surface area contributed by atoms with Crippen molar-refractivity contribution in [3.63, 3.8) is 0 Å². The molecule has 0 spiro atoms. The van der Waals surface area contributed by atoms with Crippen molar-refractivity contribution in [1.82, 2.24) is 5.32 Å². The monoisotopic (exact) mass is 234 g/mol. The third kappa shape index (κ3) is 2.63. The van der Waals surface area contributed by atoms with Crippen LogP contribution in [0, 0.1) is 11.6 Å². The van der Waals surface area contributed by atoms with E-state index in [0.29, 0.717) is 12.1 Å². The topological polar surface area (TPSA) is 72.2 Å². The van der Waals surface area contributed by atoms with E-state index < -0.39 is 23.6 Å². The Morgan fingerprint density at radius 1 is 1.27 bits per heavy atom. The zero-order chi connectivity index (χ0) is 11.6. The lowest BCUT2D eigenvalue weighted by molar-refractivity contribution is 0.0966. The van der Waals surface area contributed by atoms with Crippen molar-refractivity contribution in [3.05, 3.63) is 34.4 Å². The van der Waals surface area contributed by atoms with Gasteiger partial charge in [-0.05, 0) is 12.1 Å². The van der Waals surface area contributed by atoms with Gasteiger partial charge in [0.1, 0.15) is 0 Å². The van der Waals surface area contributed by atoms with E-state index in [1.807, 2.05) is 0 Å². The number of urea groups is 1. The molecule has 0 atom stereocenters. The van der Waals surface area contributed by atoms with Gasteiger partial charge in [0.05, 0.1) is 10.6 Å². The second-order valence-corrected chi connectivity index (χ2v) is 2.97. The summed E-state index contributed by atoms with van der Waals surface area (Å²) in [5.41, 5.74) is 4.30. The molecule has 4 nitrogen and oxygen atoms in total. The zero-order valence-electron chi connectivity index (χ0n) is 7.18. The van der Waals surface area contributed by atoms with Crippen LogP contribution in [-0.4, -0.2) is 11.9 Å². The lowest BCUT2D eigenvalue weighted by Crippen LogP contribution is -2.35. The van der Waals surface area contributed by atoms with Crippen molar-refractivity contribution in [3.8, 4) is 0 Å². The van der Waals surface area contributed by atoms with Crippen LogP contribution in [0.3, 0.4) is 0 Å². The Morgan fingerprint density at radius 2 is 1.80 bits per heavy atom. The highest BCUT2D eigenvalue weighted by Gasteiger charge is 2.15. The number of carbonyl (C=O) groups excluding carboxylic acids is 2. The third-order valence-electron chi connectivity index (χ3n) is 1.49. The quantitative estimate of drug-likeness (QED) is 0.722. The third-order valence-corrected chi connectivity index (χ3v) is 1.80. The second kappa shape index (κ2) is 4.22. The molecule has 3 N–H and O–H groups in total. The maximum Gasteiger partial charge on any atom is 0.319 e. The highest BCUT2D eigenvalue weighted by Crippen LogP contribution is 2.19. The molecule has 3 amide bonds. The minimum Gasteiger partial charge on any atom is -0.351 e. The SMILES string of the molecule is NC(=O)NC(=O)c1cc(F)c(F)cc1Cl. The number of imide groups is 1. The van der Waals surface area contributed by atoms with Crippen molar-refractivity contribution in [2.75, 3.05) is 0 Å². The summed E-state index contributed by atoms with van der Waals surface area (Å²) >= 11 is 5.46. The number of primary amides is 1. The molecule has 0 aliphatic carbocycles. The first kappa shape index (κ1) is 11.4. The van der Waals surface area contributed by atoms with Gasteiger partial charge >= 0.3 is 6.03 Å². The van der Waals surface area contributed by atoms with Crippen LogP contribution >= 0.6 is 11.6 Å². The van der Waals surface area contributed by atoms with E-state index in [2.05, 4.69) is 5.73 Å². The Kier molecular flexibility index (Phi) is 3.21. The average molecular weight is 235 g/mol. The molecule has 0 heterocycles. The van der Waals surface area contributed by atoms with Gasteiger partial charge in [-0.3, -0.25) is 10.1 Å². The standard InChI is InChI=1S/C8H5ClF2N2O2/c9-4-2-6(11)5(10)1-3(4)7(14)13-8(12)15/h1-2H,(H3,12,13,14,15). The zero-order valence-corrected chi connectivity index (χ0v) is 7.94. The first-order valence-electron chi connectivity index (χ1n) is 3.67. The highest BCUT2D eigenvalue weighted by molar-refractivity contribution is 6.34. The van der Waals surface area contributed by atoms with Gasteiger partial charge in [0.15, 0.2) is 11.6 Å². The molecule has 0 saturated heterocycles. The van der Waals surface area contributed by atoms with Gasteiger partial charge in [-0.2, -0.15) is 0 Å².